The van der Waals surface area contributed by atoms with E-state index in [4.69, 9.17) is 4.74 Å². The molecule has 1 saturated heterocycles. The summed E-state index contributed by atoms with van der Waals surface area (Å²) in [6.45, 7) is 5.77. The second-order valence-corrected chi connectivity index (χ2v) is 6.20. The number of aromatic nitrogens is 2. The van der Waals surface area contributed by atoms with Crippen molar-refractivity contribution >= 4 is 17.5 Å². The van der Waals surface area contributed by atoms with Gasteiger partial charge in [-0.25, -0.2) is 9.97 Å². The summed E-state index contributed by atoms with van der Waals surface area (Å²) >= 11 is 0. The third-order valence-corrected chi connectivity index (χ3v) is 4.14. The number of piperazine rings is 1. The Morgan fingerprint density at radius 2 is 1.88 bits per heavy atom. The SMILES string of the molecule is Cc1ccc(OCC(=O)Nc2cc(N3CCN(C)CC3)ncn2)cc1. The maximum absolute atomic E-state index is 12.1. The van der Waals surface area contributed by atoms with Crippen molar-refractivity contribution in [3.63, 3.8) is 0 Å². The number of hydrogen-bond acceptors (Lipinski definition) is 6. The lowest BCUT2D eigenvalue weighted by molar-refractivity contribution is -0.118. The maximum atomic E-state index is 12.1. The average Bonchev–Trinajstić information content (AvgIpc) is 2.62. The number of carbonyl (C=O) groups excluding carboxylic acids is 1. The smallest absolute Gasteiger partial charge is 0.263 e. The fourth-order valence-electron chi connectivity index (χ4n) is 2.59. The Hall–Kier alpha value is -2.67. The van der Waals surface area contributed by atoms with Crippen LogP contribution in [0.2, 0.25) is 0 Å². The number of rotatable bonds is 5. The van der Waals surface area contributed by atoms with E-state index in [-0.39, 0.29) is 12.5 Å². The summed E-state index contributed by atoms with van der Waals surface area (Å²) in [6.07, 6.45) is 1.48. The van der Waals surface area contributed by atoms with Crippen molar-refractivity contribution < 1.29 is 9.53 Å². The molecule has 0 unspecified atom stereocenters. The number of ether oxygens (including phenoxy) is 1. The number of hydrogen-bond donors (Lipinski definition) is 1. The molecule has 1 aromatic carbocycles. The molecule has 1 aliphatic heterocycles. The third kappa shape index (κ3) is 4.90. The molecule has 0 atom stereocenters. The summed E-state index contributed by atoms with van der Waals surface area (Å²) in [7, 11) is 2.11. The fraction of sp³-hybridized carbons (Fsp3) is 0.389. The first-order chi connectivity index (χ1) is 12.1. The van der Waals surface area contributed by atoms with E-state index in [1.807, 2.05) is 31.2 Å². The van der Waals surface area contributed by atoms with Crippen LogP contribution in [0.15, 0.2) is 36.7 Å². The molecule has 132 valence electrons. The lowest BCUT2D eigenvalue weighted by Crippen LogP contribution is -2.44. The molecule has 0 aliphatic carbocycles. The Morgan fingerprint density at radius 3 is 2.60 bits per heavy atom. The zero-order valence-corrected chi connectivity index (χ0v) is 14.6. The van der Waals surface area contributed by atoms with Crippen molar-refractivity contribution in [2.24, 2.45) is 0 Å². The molecule has 25 heavy (non-hydrogen) atoms. The van der Waals surface area contributed by atoms with E-state index in [0.29, 0.717) is 11.6 Å². The standard InChI is InChI=1S/C18H23N5O2/c1-14-3-5-15(6-4-14)25-12-18(24)21-16-11-17(20-13-19-16)23-9-7-22(2)8-10-23/h3-6,11,13H,7-10,12H2,1-2H3,(H,19,20,21,24). The molecule has 1 amide bonds. The van der Waals surface area contributed by atoms with Crippen molar-refractivity contribution in [2.75, 3.05) is 50.1 Å². The number of likely N-dealkylation sites (N-methyl/N-ethyl adjacent to an activating group) is 1. The van der Waals surface area contributed by atoms with Gasteiger partial charge < -0.3 is 19.9 Å². The van der Waals surface area contributed by atoms with Crippen molar-refractivity contribution in [1.82, 2.24) is 14.9 Å². The summed E-state index contributed by atoms with van der Waals surface area (Å²) in [6, 6.07) is 9.38. The summed E-state index contributed by atoms with van der Waals surface area (Å²) in [5.41, 5.74) is 1.15. The molecule has 1 aliphatic rings. The number of nitrogens with zero attached hydrogens (tertiary/aromatic N) is 4. The number of aryl methyl sites for hydroxylation is 1. The molecule has 1 aromatic heterocycles. The van der Waals surface area contributed by atoms with Crippen LogP contribution in [0.25, 0.3) is 0 Å². The first-order valence-corrected chi connectivity index (χ1v) is 8.35. The first kappa shape index (κ1) is 17.2. The van der Waals surface area contributed by atoms with Gasteiger partial charge in [-0.3, -0.25) is 4.79 Å². The minimum atomic E-state index is -0.247. The fourth-order valence-corrected chi connectivity index (χ4v) is 2.59. The van der Waals surface area contributed by atoms with Crippen LogP contribution >= 0.6 is 0 Å². The minimum absolute atomic E-state index is 0.0586. The number of amides is 1. The van der Waals surface area contributed by atoms with Crippen LogP contribution < -0.4 is 15.0 Å². The van der Waals surface area contributed by atoms with Crippen molar-refractivity contribution in [3.8, 4) is 5.75 Å². The van der Waals surface area contributed by atoms with E-state index >= 15 is 0 Å². The van der Waals surface area contributed by atoms with Gasteiger partial charge in [-0.1, -0.05) is 17.7 Å². The Kier molecular flexibility index (Phi) is 5.45. The third-order valence-electron chi connectivity index (χ3n) is 4.14. The van der Waals surface area contributed by atoms with Gasteiger partial charge in [0.1, 0.15) is 23.7 Å². The van der Waals surface area contributed by atoms with Crippen LogP contribution in [0.4, 0.5) is 11.6 Å². The molecular formula is C18H23N5O2. The van der Waals surface area contributed by atoms with E-state index in [2.05, 4.69) is 32.1 Å². The molecule has 7 nitrogen and oxygen atoms in total. The number of anilines is 2. The lowest BCUT2D eigenvalue weighted by Gasteiger charge is -2.33. The Labute approximate surface area is 147 Å². The number of benzene rings is 1. The predicted octanol–water partition coefficient (Wildman–Crippen LogP) is 1.55. The molecular weight excluding hydrogens is 318 g/mol. The van der Waals surface area contributed by atoms with E-state index in [0.717, 1.165) is 37.6 Å². The van der Waals surface area contributed by atoms with Crippen LogP contribution in [0.3, 0.4) is 0 Å². The largest absolute Gasteiger partial charge is 0.484 e. The Balaban J connectivity index is 1.54. The summed E-state index contributed by atoms with van der Waals surface area (Å²) in [5, 5.41) is 2.76. The Bertz CT molecular complexity index is 712. The van der Waals surface area contributed by atoms with Crippen LogP contribution in [-0.4, -0.2) is 60.6 Å². The van der Waals surface area contributed by atoms with E-state index < -0.39 is 0 Å². The maximum Gasteiger partial charge on any atom is 0.263 e. The highest BCUT2D eigenvalue weighted by molar-refractivity contribution is 5.91. The highest BCUT2D eigenvalue weighted by atomic mass is 16.5. The highest BCUT2D eigenvalue weighted by Crippen LogP contribution is 2.16. The minimum Gasteiger partial charge on any atom is -0.484 e. The molecule has 3 rings (SSSR count). The van der Waals surface area contributed by atoms with Gasteiger partial charge in [0.25, 0.3) is 5.91 Å². The van der Waals surface area contributed by atoms with Gasteiger partial charge in [-0.2, -0.15) is 0 Å². The molecule has 0 bridgehead atoms. The van der Waals surface area contributed by atoms with Gasteiger partial charge in [0.2, 0.25) is 0 Å². The topological polar surface area (TPSA) is 70.6 Å². The van der Waals surface area contributed by atoms with E-state index in [1.165, 1.54) is 6.33 Å². The number of nitrogens with one attached hydrogen (secondary N) is 1. The van der Waals surface area contributed by atoms with Gasteiger partial charge >= 0.3 is 0 Å². The summed E-state index contributed by atoms with van der Waals surface area (Å²) in [4.78, 5) is 25.0. The zero-order valence-electron chi connectivity index (χ0n) is 14.6. The normalized spacial score (nSPS) is 15.0. The van der Waals surface area contributed by atoms with Gasteiger partial charge in [-0.05, 0) is 26.1 Å². The van der Waals surface area contributed by atoms with Gasteiger partial charge in [0, 0.05) is 32.2 Å². The van der Waals surface area contributed by atoms with Crippen LogP contribution in [0.1, 0.15) is 5.56 Å². The van der Waals surface area contributed by atoms with Crippen LogP contribution in [-0.2, 0) is 4.79 Å². The second kappa shape index (κ2) is 7.94. The van der Waals surface area contributed by atoms with Gasteiger partial charge in [0.15, 0.2) is 6.61 Å². The quantitative estimate of drug-likeness (QED) is 0.890. The van der Waals surface area contributed by atoms with Crippen LogP contribution in [0.5, 0.6) is 5.75 Å². The van der Waals surface area contributed by atoms with Crippen molar-refractivity contribution in [3.05, 3.63) is 42.2 Å². The van der Waals surface area contributed by atoms with E-state index in [1.54, 1.807) is 6.07 Å². The second-order valence-electron chi connectivity index (χ2n) is 6.20. The lowest BCUT2D eigenvalue weighted by atomic mass is 10.2. The van der Waals surface area contributed by atoms with Gasteiger partial charge in [0.05, 0.1) is 0 Å². The molecule has 1 fully saturated rings. The summed E-state index contributed by atoms with van der Waals surface area (Å²) in [5.74, 6) is 1.74. The molecule has 0 spiro atoms. The molecule has 7 heteroatoms. The average molecular weight is 341 g/mol. The van der Waals surface area contributed by atoms with Gasteiger partial charge in [-0.15, -0.1) is 0 Å². The molecule has 2 heterocycles. The molecule has 0 saturated carbocycles. The molecule has 2 aromatic rings. The highest BCUT2D eigenvalue weighted by Gasteiger charge is 2.16. The van der Waals surface area contributed by atoms with E-state index in [9.17, 15) is 4.79 Å². The van der Waals surface area contributed by atoms with Crippen molar-refractivity contribution in [2.45, 2.75) is 6.92 Å². The first-order valence-electron chi connectivity index (χ1n) is 8.35. The van der Waals surface area contributed by atoms with Crippen molar-refractivity contribution in [1.29, 1.82) is 0 Å². The molecule has 1 N–H and O–H groups in total. The zero-order chi connectivity index (χ0) is 17.6. The number of carbonyl (C=O) groups is 1. The summed E-state index contributed by atoms with van der Waals surface area (Å²) < 4.78 is 5.48. The molecule has 0 radical (unpaired) electrons. The predicted molar refractivity (Wildman–Crippen MR) is 97.0 cm³/mol. The Morgan fingerprint density at radius 1 is 1.16 bits per heavy atom. The monoisotopic (exact) mass is 341 g/mol. The van der Waals surface area contributed by atoms with Crippen LogP contribution in [0, 0.1) is 6.92 Å².